The van der Waals surface area contributed by atoms with Gasteiger partial charge in [-0.25, -0.2) is 0 Å². The molecule has 0 aliphatic heterocycles. The van der Waals surface area contributed by atoms with Crippen LogP contribution in [0.3, 0.4) is 0 Å². The van der Waals surface area contributed by atoms with Gasteiger partial charge in [0, 0.05) is 6.54 Å². The highest BCUT2D eigenvalue weighted by Crippen LogP contribution is 2.24. The van der Waals surface area contributed by atoms with Crippen molar-refractivity contribution >= 4 is 12.4 Å². The lowest BCUT2D eigenvalue weighted by Gasteiger charge is -2.07. The Balaban J connectivity index is 0.00000162. The number of hydrogen-bond acceptors (Lipinski definition) is 3. The lowest BCUT2D eigenvalue weighted by molar-refractivity contribution is 0.413. The standard InChI is InChI=1S/C14H15NO2.ClH/c1-16-12-5-7-13(8-6-12)17-14-4-2-3-11(9-14)10-15;/h2-9H,10,15H2,1H3;1H. The highest BCUT2D eigenvalue weighted by Gasteiger charge is 1.99. The SMILES string of the molecule is COc1ccc(Oc2cccc(CN)c2)cc1.Cl. The first-order valence-corrected chi connectivity index (χ1v) is 5.43. The zero-order valence-corrected chi connectivity index (χ0v) is 10.9. The van der Waals surface area contributed by atoms with Crippen molar-refractivity contribution in [2.75, 3.05) is 7.11 Å². The lowest BCUT2D eigenvalue weighted by atomic mass is 10.2. The molecule has 18 heavy (non-hydrogen) atoms. The highest BCUT2D eigenvalue weighted by molar-refractivity contribution is 5.85. The molecule has 96 valence electrons. The minimum atomic E-state index is 0. The Labute approximate surface area is 113 Å². The van der Waals surface area contributed by atoms with E-state index in [1.165, 1.54) is 0 Å². The first-order valence-electron chi connectivity index (χ1n) is 5.43. The monoisotopic (exact) mass is 265 g/mol. The van der Waals surface area contributed by atoms with Gasteiger partial charge in [-0.3, -0.25) is 0 Å². The molecule has 0 unspecified atom stereocenters. The second kappa shape index (κ2) is 6.89. The van der Waals surface area contributed by atoms with Crippen molar-refractivity contribution in [3.05, 3.63) is 54.1 Å². The molecule has 2 rings (SSSR count). The fourth-order valence-corrected chi connectivity index (χ4v) is 1.52. The number of benzene rings is 2. The summed E-state index contributed by atoms with van der Waals surface area (Å²) < 4.78 is 10.8. The van der Waals surface area contributed by atoms with Gasteiger partial charge in [0.1, 0.15) is 17.2 Å². The number of hydrogen-bond donors (Lipinski definition) is 1. The summed E-state index contributed by atoms with van der Waals surface area (Å²) in [5.41, 5.74) is 6.63. The smallest absolute Gasteiger partial charge is 0.127 e. The van der Waals surface area contributed by atoms with Gasteiger partial charge in [0.05, 0.1) is 7.11 Å². The molecule has 0 saturated heterocycles. The van der Waals surface area contributed by atoms with E-state index >= 15 is 0 Å². The molecule has 0 fully saturated rings. The molecule has 0 saturated carbocycles. The van der Waals surface area contributed by atoms with Crippen LogP contribution in [0, 0.1) is 0 Å². The van der Waals surface area contributed by atoms with E-state index in [2.05, 4.69) is 0 Å². The van der Waals surface area contributed by atoms with Crippen LogP contribution < -0.4 is 15.2 Å². The van der Waals surface area contributed by atoms with Crippen LogP contribution in [0.4, 0.5) is 0 Å². The van der Waals surface area contributed by atoms with Gasteiger partial charge in [-0.2, -0.15) is 0 Å². The average molecular weight is 266 g/mol. The Morgan fingerprint density at radius 1 is 0.944 bits per heavy atom. The van der Waals surface area contributed by atoms with Crippen LogP contribution in [0.15, 0.2) is 48.5 Å². The molecule has 0 heterocycles. The van der Waals surface area contributed by atoms with Crippen molar-refractivity contribution in [3.63, 3.8) is 0 Å². The van der Waals surface area contributed by atoms with Crippen molar-refractivity contribution in [1.29, 1.82) is 0 Å². The zero-order chi connectivity index (χ0) is 12.1. The maximum Gasteiger partial charge on any atom is 0.127 e. The minimum Gasteiger partial charge on any atom is -0.497 e. The molecule has 0 aliphatic carbocycles. The molecule has 2 aromatic carbocycles. The largest absolute Gasteiger partial charge is 0.497 e. The first kappa shape index (κ1) is 14.4. The third-order valence-corrected chi connectivity index (χ3v) is 2.43. The third kappa shape index (κ3) is 3.65. The summed E-state index contributed by atoms with van der Waals surface area (Å²) in [6.45, 7) is 0.514. The number of rotatable bonds is 4. The van der Waals surface area contributed by atoms with E-state index in [0.29, 0.717) is 6.54 Å². The summed E-state index contributed by atoms with van der Waals surface area (Å²) in [5, 5.41) is 0. The molecule has 0 bridgehead atoms. The Hall–Kier alpha value is -1.71. The van der Waals surface area contributed by atoms with Crippen molar-refractivity contribution < 1.29 is 9.47 Å². The maximum atomic E-state index is 5.71. The van der Waals surface area contributed by atoms with Crippen molar-refractivity contribution in [2.45, 2.75) is 6.54 Å². The zero-order valence-electron chi connectivity index (χ0n) is 10.1. The van der Waals surface area contributed by atoms with Crippen LogP contribution in [0.5, 0.6) is 17.2 Å². The first-order chi connectivity index (χ1) is 8.31. The lowest BCUT2D eigenvalue weighted by Crippen LogP contribution is -1.96. The summed E-state index contributed by atoms with van der Waals surface area (Å²) in [4.78, 5) is 0. The maximum absolute atomic E-state index is 5.71. The average Bonchev–Trinajstić information content (AvgIpc) is 2.40. The van der Waals surface area contributed by atoms with E-state index in [0.717, 1.165) is 22.8 Å². The number of ether oxygens (including phenoxy) is 2. The highest BCUT2D eigenvalue weighted by atomic mass is 35.5. The second-order valence-electron chi connectivity index (χ2n) is 3.63. The van der Waals surface area contributed by atoms with Crippen molar-refractivity contribution in [1.82, 2.24) is 0 Å². The summed E-state index contributed by atoms with van der Waals surface area (Å²) in [7, 11) is 1.64. The molecule has 0 atom stereocenters. The van der Waals surface area contributed by atoms with Gasteiger partial charge in [-0.05, 0) is 42.0 Å². The Bertz CT molecular complexity index is 485. The molecular formula is C14H16ClNO2. The van der Waals surface area contributed by atoms with Crippen LogP contribution >= 0.6 is 12.4 Å². The van der Waals surface area contributed by atoms with E-state index in [1.54, 1.807) is 7.11 Å². The quantitative estimate of drug-likeness (QED) is 0.922. The summed E-state index contributed by atoms with van der Waals surface area (Å²) in [6.07, 6.45) is 0. The molecule has 0 aliphatic rings. The van der Waals surface area contributed by atoms with E-state index in [9.17, 15) is 0 Å². The van der Waals surface area contributed by atoms with Crippen LogP contribution in [0.2, 0.25) is 0 Å². The number of nitrogens with two attached hydrogens (primary N) is 1. The van der Waals surface area contributed by atoms with Gasteiger partial charge < -0.3 is 15.2 Å². The van der Waals surface area contributed by atoms with E-state index in [1.807, 2.05) is 48.5 Å². The van der Waals surface area contributed by atoms with Crippen LogP contribution in [-0.2, 0) is 6.54 Å². The summed E-state index contributed by atoms with van der Waals surface area (Å²) in [5.74, 6) is 2.38. The molecule has 0 amide bonds. The van der Waals surface area contributed by atoms with E-state index in [4.69, 9.17) is 15.2 Å². The van der Waals surface area contributed by atoms with Gasteiger partial charge in [-0.15, -0.1) is 12.4 Å². The normalized spacial score (nSPS) is 9.44. The number of halogens is 1. The van der Waals surface area contributed by atoms with Crippen molar-refractivity contribution in [3.8, 4) is 17.2 Å². The Morgan fingerprint density at radius 3 is 2.22 bits per heavy atom. The fraction of sp³-hybridized carbons (Fsp3) is 0.143. The van der Waals surface area contributed by atoms with Gasteiger partial charge in [0.25, 0.3) is 0 Å². The molecule has 0 aromatic heterocycles. The number of methoxy groups -OCH3 is 1. The second-order valence-corrected chi connectivity index (χ2v) is 3.63. The molecule has 2 N–H and O–H groups in total. The molecule has 0 spiro atoms. The third-order valence-electron chi connectivity index (χ3n) is 2.43. The summed E-state index contributed by atoms with van der Waals surface area (Å²) in [6, 6.07) is 15.2. The van der Waals surface area contributed by atoms with Crippen molar-refractivity contribution in [2.24, 2.45) is 5.73 Å². The minimum absolute atomic E-state index is 0. The van der Waals surface area contributed by atoms with Gasteiger partial charge >= 0.3 is 0 Å². The van der Waals surface area contributed by atoms with Gasteiger partial charge in [-0.1, -0.05) is 12.1 Å². The topological polar surface area (TPSA) is 44.5 Å². The predicted octanol–water partition coefficient (Wildman–Crippen LogP) is 3.37. The van der Waals surface area contributed by atoms with E-state index < -0.39 is 0 Å². The molecule has 0 radical (unpaired) electrons. The molecule has 2 aromatic rings. The predicted molar refractivity (Wildman–Crippen MR) is 74.6 cm³/mol. The molecule has 4 heteroatoms. The fourth-order valence-electron chi connectivity index (χ4n) is 1.52. The van der Waals surface area contributed by atoms with Gasteiger partial charge in [0.15, 0.2) is 0 Å². The summed E-state index contributed by atoms with van der Waals surface area (Å²) >= 11 is 0. The van der Waals surface area contributed by atoms with Crippen LogP contribution in [-0.4, -0.2) is 7.11 Å². The Morgan fingerprint density at radius 2 is 1.61 bits per heavy atom. The van der Waals surface area contributed by atoms with Gasteiger partial charge in [0.2, 0.25) is 0 Å². The Kier molecular flexibility index (Phi) is 5.49. The van der Waals surface area contributed by atoms with E-state index in [-0.39, 0.29) is 12.4 Å². The van der Waals surface area contributed by atoms with Crippen LogP contribution in [0.25, 0.3) is 0 Å². The van der Waals surface area contributed by atoms with Crippen LogP contribution in [0.1, 0.15) is 5.56 Å². The molecule has 3 nitrogen and oxygen atoms in total. The molecular weight excluding hydrogens is 250 g/mol.